The molecule has 0 aromatic heterocycles. The number of carbonyl (C=O) groups excluding carboxylic acids is 4. The highest BCUT2D eigenvalue weighted by Gasteiger charge is 2.50. The van der Waals surface area contributed by atoms with E-state index in [1.807, 2.05) is 0 Å². The summed E-state index contributed by atoms with van der Waals surface area (Å²) >= 11 is 0. The minimum atomic E-state index is -2.04. The van der Waals surface area contributed by atoms with Crippen LogP contribution in [0.25, 0.3) is 10.8 Å². The van der Waals surface area contributed by atoms with Crippen molar-refractivity contribution in [1.82, 2.24) is 10.0 Å². The molecule has 61 heavy (non-hydrogen) atoms. The Morgan fingerprint density at radius 2 is 1.66 bits per heavy atom. The lowest BCUT2D eigenvalue weighted by atomic mass is 9.78. The number of carbonyl (C=O) groups is 4. The van der Waals surface area contributed by atoms with Crippen molar-refractivity contribution in [3.63, 3.8) is 0 Å². The molecule has 4 heterocycles. The van der Waals surface area contributed by atoms with E-state index < -0.39 is 95.5 Å². The monoisotopic (exact) mass is 853 g/mol. The molecule has 5 N–H and O–H groups in total. The molecule has 2 aromatic rings. The van der Waals surface area contributed by atoms with E-state index in [1.54, 1.807) is 51.9 Å². The van der Waals surface area contributed by atoms with Crippen molar-refractivity contribution >= 4 is 40.0 Å². The van der Waals surface area contributed by atoms with Gasteiger partial charge in [-0.3, -0.25) is 24.2 Å². The third-order valence-electron chi connectivity index (χ3n) is 11.9. The van der Waals surface area contributed by atoms with Gasteiger partial charge in [-0.05, 0) is 19.9 Å². The number of morpholine rings is 1. The number of amides is 2. The van der Waals surface area contributed by atoms with E-state index in [9.17, 15) is 39.6 Å². The smallest absolute Gasteiger partial charge is 0.312 e. The number of Topliss-reactive ketones (excluding diaryl/α,β-unsaturated/α-hetero) is 1. The van der Waals surface area contributed by atoms with Gasteiger partial charge >= 0.3 is 11.8 Å². The fourth-order valence-corrected chi connectivity index (χ4v) is 7.99. The van der Waals surface area contributed by atoms with Crippen molar-refractivity contribution in [1.29, 1.82) is 0 Å². The summed E-state index contributed by atoms with van der Waals surface area (Å²) in [7, 11) is 3.02. The number of nitrogens with one attached hydrogen (secondary N) is 1. The first-order chi connectivity index (χ1) is 28.7. The number of likely N-dealkylation sites (N-methyl/N-ethyl adjacent to an activating group) is 1. The molecule has 1 fully saturated rings. The molecule has 4 aliphatic rings. The van der Waals surface area contributed by atoms with E-state index in [0.29, 0.717) is 26.3 Å². The van der Waals surface area contributed by atoms with Crippen LogP contribution in [-0.4, -0.2) is 131 Å². The van der Waals surface area contributed by atoms with Gasteiger partial charge in [0.15, 0.2) is 12.4 Å². The molecule has 0 aliphatic carbocycles. The van der Waals surface area contributed by atoms with Gasteiger partial charge in [0.05, 0.1) is 54.4 Å². The van der Waals surface area contributed by atoms with Gasteiger partial charge in [-0.2, -0.15) is 0 Å². The van der Waals surface area contributed by atoms with E-state index in [2.05, 4.69) is 5.32 Å². The summed E-state index contributed by atoms with van der Waals surface area (Å²) in [5.41, 5.74) is -0.0578. The minimum absolute atomic E-state index is 0.0671. The zero-order valence-electron chi connectivity index (χ0n) is 36.4. The van der Waals surface area contributed by atoms with Gasteiger partial charge in [-0.25, -0.2) is 5.01 Å². The van der Waals surface area contributed by atoms with Crippen molar-refractivity contribution < 1.29 is 68.0 Å². The molecule has 0 radical (unpaired) electrons. The maximum Gasteiger partial charge on any atom is 0.312 e. The molecule has 17 nitrogen and oxygen atoms in total. The van der Waals surface area contributed by atoms with E-state index in [-0.39, 0.29) is 44.7 Å². The van der Waals surface area contributed by atoms with Crippen LogP contribution in [-0.2, 0) is 33.3 Å². The Kier molecular flexibility index (Phi) is 14.8. The number of rotatable bonds is 6. The highest BCUT2D eigenvalue weighted by atomic mass is 16.7. The number of aliphatic hydroxyl groups excluding tert-OH is 2. The average Bonchev–Trinajstić information content (AvgIpc) is 3.50. The number of nitrogens with zero attached hydrogens (tertiary/aromatic N) is 2. The summed E-state index contributed by atoms with van der Waals surface area (Å²) in [6.07, 6.45) is 3.55. The van der Waals surface area contributed by atoms with Crippen LogP contribution in [0, 0.1) is 30.6 Å². The van der Waals surface area contributed by atoms with Gasteiger partial charge in [0.25, 0.3) is 17.6 Å². The maximum absolute atomic E-state index is 14.5. The van der Waals surface area contributed by atoms with Crippen LogP contribution >= 0.6 is 0 Å². The lowest BCUT2D eigenvalue weighted by molar-refractivity contribution is -0.160. The normalized spacial score (nSPS) is 30.5. The summed E-state index contributed by atoms with van der Waals surface area (Å²) in [6, 6.07) is 1.26. The number of ketones is 1. The molecule has 9 atom stereocenters. The lowest BCUT2D eigenvalue weighted by Gasteiger charge is -2.38. The maximum atomic E-state index is 14.5. The predicted molar refractivity (Wildman–Crippen MR) is 223 cm³/mol. The summed E-state index contributed by atoms with van der Waals surface area (Å²) in [6.45, 7) is 13.8. The second-order valence-corrected chi connectivity index (χ2v) is 16.2. The largest absolute Gasteiger partial charge is 0.507 e. The predicted octanol–water partition coefficient (Wildman–Crippen LogP) is 4.13. The van der Waals surface area contributed by atoms with Gasteiger partial charge in [-0.1, -0.05) is 45.9 Å². The second-order valence-electron chi connectivity index (χ2n) is 16.2. The first kappa shape index (κ1) is 46.9. The Morgan fingerprint density at radius 3 is 2.30 bits per heavy atom. The third-order valence-corrected chi connectivity index (χ3v) is 11.9. The number of esters is 1. The topological polar surface area (TPSA) is 223 Å². The summed E-state index contributed by atoms with van der Waals surface area (Å²) < 4.78 is 35.2. The number of phenolic OH excluding ortho intramolecular Hbond substituents is 2. The standard InChI is InChI=1S/C44H59N3O14/c1-22-12-11-13-23(2)43(55)45-29-20-31(58-21-32(49)46(9)47-15-18-57-19-16-47)33-34(39(29)53)38(52)27(6)41-35(33)42(54)44(8,61-41)59-17-14-30(56-10)24(3)40(60-28(7)48)26(5)37(51)25(4)36(22)50/h11-14,17,20,22,24-26,30,36-37,40,50-53H,15-16,18-19,21H2,1-10H3,(H,45,55)/b12-11-,17-14?,23-13-/t22-,24+,25+,26+,30-,36-,37+,40+,44-/m0/s1. The van der Waals surface area contributed by atoms with E-state index in [0.717, 1.165) is 0 Å². The minimum Gasteiger partial charge on any atom is -0.507 e. The average molecular weight is 854 g/mol. The van der Waals surface area contributed by atoms with Crippen molar-refractivity contribution in [2.75, 3.05) is 52.4 Å². The number of hydrogen-bond acceptors (Lipinski definition) is 15. The van der Waals surface area contributed by atoms with Crippen molar-refractivity contribution in [2.45, 2.75) is 85.6 Å². The number of allylic oxidation sites excluding steroid dienone is 2. The number of aromatic hydroxyl groups is 2. The SMILES string of the molecule is CO[C@H]1C=CO[C@@]2(C)Oc3c(C)c(O)c4c(O)c(cc(OCC(=O)N(C)N5CCOCC5)c4c3C2=O)NC(=O)/C(C)=C\C=C/[C@H](C)[C@H](O)[C@@H](C)[C@@H](O)[C@@H](C)[C@H](OC(C)=O)[C@@H]1C. The first-order valence-electron chi connectivity index (χ1n) is 20.3. The molecule has 0 spiro atoms. The molecule has 0 saturated carbocycles. The molecule has 1 saturated heterocycles. The molecule has 334 valence electrons. The van der Waals surface area contributed by atoms with Gasteiger partial charge in [0.1, 0.15) is 23.4 Å². The fourth-order valence-electron chi connectivity index (χ4n) is 7.99. The van der Waals surface area contributed by atoms with Gasteiger partial charge in [0.2, 0.25) is 0 Å². The Hall–Kier alpha value is -5.20. The molecule has 6 rings (SSSR count). The Bertz CT molecular complexity index is 2090. The Labute approximate surface area is 355 Å². The number of methoxy groups -OCH3 is 1. The number of anilines is 1. The van der Waals surface area contributed by atoms with E-state index >= 15 is 0 Å². The van der Waals surface area contributed by atoms with Crippen LogP contribution in [0.2, 0.25) is 0 Å². The summed E-state index contributed by atoms with van der Waals surface area (Å²) in [5.74, 6) is -8.24. The first-order valence-corrected chi connectivity index (χ1v) is 20.3. The number of fused-ring (bicyclic) bond motifs is 14. The van der Waals surface area contributed by atoms with E-state index in [1.165, 1.54) is 64.3 Å². The van der Waals surface area contributed by atoms with Crippen LogP contribution in [0.15, 0.2) is 42.2 Å². The molecule has 2 aromatic carbocycles. The van der Waals surface area contributed by atoms with Gasteiger partial charge < -0.3 is 54.2 Å². The highest BCUT2D eigenvalue weighted by Crippen LogP contribution is 2.54. The number of phenols is 2. The lowest BCUT2D eigenvalue weighted by Crippen LogP contribution is -2.50. The number of ether oxygens (including phenoxy) is 6. The van der Waals surface area contributed by atoms with Crippen LogP contribution in [0.5, 0.6) is 23.0 Å². The van der Waals surface area contributed by atoms with Crippen LogP contribution in [0.4, 0.5) is 5.69 Å². The number of hydrogen-bond donors (Lipinski definition) is 5. The molecular weight excluding hydrogens is 794 g/mol. The Balaban J connectivity index is 1.65. The summed E-state index contributed by atoms with van der Waals surface area (Å²) in [5, 5.41) is 51.7. The second kappa shape index (κ2) is 19.2. The zero-order chi connectivity index (χ0) is 45.1. The number of hydrazine groups is 1. The summed E-state index contributed by atoms with van der Waals surface area (Å²) in [4.78, 5) is 53.9. The molecular formula is C44H59N3O14. The highest BCUT2D eigenvalue weighted by molar-refractivity contribution is 6.21. The van der Waals surface area contributed by atoms with Gasteiger partial charge in [-0.15, -0.1) is 0 Å². The zero-order valence-corrected chi connectivity index (χ0v) is 36.4. The van der Waals surface area contributed by atoms with Crippen LogP contribution < -0.4 is 14.8 Å². The van der Waals surface area contributed by atoms with E-state index in [4.69, 9.17) is 28.4 Å². The van der Waals surface area contributed by atoms with Crippen molar-refractivity contribution in [3.8, 4) is 23.0 Å². The molecule has 5 bridgehead atoms. The molecule has 4 aliphatic heterocycles. The fraction of sp³-hybridized carbons (Fsp3) is 0.545. The van der Waals surface area contributed by atoms with Gasteiger partial charge in [0, 0.05) is 87.4 Å². The van der Waals surface area contributed by atoms with Crippen molar-refractivity contribution in [3.05, 3.63) is 53.3 Å². The molecule has 2 amide bonds. The molecule has 17 heteroatoms. The quantitative estimate of drug-likeness (QED) is 0.204. The number of benzene rings is 2. The van der Waals surface area contributed by atoms with Crippen molar-refractivity contribution in [2.24, 2.45) is 23.7 Å². The third kappa shape index (κ3) is 9.65. The number of aliphatic hydroxyl groups is 2. The van der Waals surface area contributed by atoms with Crippen LogP contribution in [0.1, 0.15) is 64.4 Å². The van der Waals surface area contributed by atoms with Crippen LogP contribution in [0.3, 0.4) is 0 Å². The Morgan fingerprint density at radius 1 is 0.984 bits per heavy atom. The molecule has 0 unspecified atom stereocenters.